The molecule has 0 aliphatic rings. The van der Waals surface area contributed by atoms with E-state index in [1.165, 1.54) is 24.8 Å². The number of hydrogen-bond donors (Lipinski definition) is 1. The Hall–Kier alpha value is -0.980. The van der Waals surface area contributed by atoms with Gasteiger partial charge in [-0.3, -0.25) is 0 Å². The van der Waals surface area contributed by atoms with Crippen LogP contribution in [0.15, 0.2) is 24.3 Å². The number of phenolic OH excluding ortho intramolecular Hbond substituents is 1. The number of aryl methyl sites for hydroxylation is 1. The Balaban J connectivity index is 2.31. The van der Waals surface area contributed by atoms with Gasteiger partial charge >= 0.3 is 0 Å². The topological polar surface area (TPSA) is 20.2 Å². The Kier molecular flexibility index (Phi) is 5.37. The summed E-state index contributed by atoms with van der Waals surface area (Å²) in [6.45, 7) is 6.93. The minimum atomic E-state index is 0.358. The predicted octanol–water partition coefficient (Wildman–Crippen LogP) is 4.40. The highest BCUT2D eigenvalue weighted by Gasteiger charge is 2.07. The molecule has 1 heteroatoms. The minimum absolute atomic E-state index is 0.358. The van der Waals surface area contributed by atoms with Gasteiger partial charge in [0.2, 0.25) is 0 Å². The van der Waals surface area contributed by atoms with Gasteiger partial charge in [-0.25, -0.2) is 0 Å². The molecule has 1 aromatic carbocycles. The summed E-state index contributed by atoms with van der Waals surface area (Å²) >= 11 is 0. The molecule has 1 aromatic rings. The molecule has 0 spiro atoms. The van der Waals surface area contributed by atoms with Crippen molar-refractivity contribution in [1.29, 1.82) is 0 Å². The van der Waals surface area contributed by atoms with Crippen LogP contribution in [0.3, 0.4) is 0 Å². The highest BCUT2D eigenvalue weighted by atomic mass is 16.3. The van der Waals surface area contributed by atoms with Crippen LogP contribution in [0.2, 0.25) is 0 Å². The highest BCUT2D eigenvalue weighted by Crippen LogP contribution is 2.20. The lowest BCUT2D eigenvalue weighted by molar-refractivity contribution is 0.387. The highest BCUT2D eigenvalue weighted by molar-refractivity contribution is 5.25. The van der Waals surface area contributed by atoms with Gasteiger partial charge in [0.1, 0.15) is 5.75 Å². The van der Waals surface area contributed by atoms with Gasteiger partial charge in [-0.05, 0) is 48.8 Å². The van der Waals surface area contributed by atoms with Crippen LogP contribution in [0.5, 0.6) is 5.75 Å². The third-order valence-electron chi connectivity index (χ3n) is 3.36. The van der Waals surface area contributed by atoms with Crippen LogP contribution in [0, 0.1) is 11.8 Å². The largest absolute Gasteiger partial charge is 0.508 e. The lowest BCUT2D eigenvalue weighted by Crippen LogP contribution is -2.03. The van der Waals surface area contributed by atoms with Crippen molar-refractivity contribution in [3.8, 4) is 5.75 Å². The van der Waals surface area contributed by atoms with E-state index in [0.717, 1.165) is 18.3 Å². The molecule has 1 rings (SSSR count). The number of hydrogen-bond acceptors (Lipinski definition) is 1. The zero-order valence-electron chi connectivity index (χ0n) is 10.7. The van der Waals surface area contributed by atoms with Crippen LogP contribution >= 0.6 is 0 Å². The Bertz CT molecular complexity index is 289. The fourth-order valence-electron chi connectivity index (χ4n) is 2.05. The Morgan fingerprint density at radius 3 is 2.25 bits per heavy atom. The van der Waals surface area contributed by atoms with Gasteiger partial charge in [0, 0.05) is 0 Å². The van der Waals surface area contributed by atoms with Gasteiger partial charge in [-0.1, -0.05) is 39.3 Å². The van der Waals surface area contributed by atoms with E-state index in [1.54, 1.807) is 12.1 Å². The van der Waals surface area contributed by atoms with Crippen molar-refractivity contribution in [2.45, 2.75) is 46.5 Å². The van der Waals surface area contributed by atoms with Crippen LogP contribution in [0.4, 0.5) is 0 Å². The Labute approximate surface area is 99.5 Å². The molecule has 0 amide bonds. The SMILES string of the molecule is CCC(C)CC(C)CCc1ccc(O)cc1. The molecule has 1 N–H and O–H groups in total. The molecule has 2 atom stereocenters. The quantitative estimate of drug-likeness (QED) is 0.753. The third kappa shape index (κ3) is 4.69. The maximum atomic E-state index is 9.18. The molecule has 0 saturated heterocycles. The second-order valence-corrected chi connectivity index (χ2v) is 5.06. The maximum absolute atomic E-state index is 9.18. The molecular formula is C15H24O. The second kappa shape index (κ2) is 6.57. The third-order valence-corrected chi connectivity index (χ3v) is 3.36. The lowest BCUT2D eigenvalue weighted by Gasteiger charge is -2.15. The molecular weight excluding hydrogens is 196 g/mol. The number of benzene rings is 1. The van der Waals surface area contributed by atoms with Crippen LogP contribution in [0.1, 0.15) is 45.6 Å². The standard InChI is InChI=1S/C15H24O/c1-4-12(2)11-13(3)5-6-14-7-9-15(16)10-8-14/h7-10,12-13,16H,4-6,11H2,1-3H3. The summed E-state index contributed by atoms with van der Waals surface area (Å²) in [6, 6.07) is 7.58. The van der Waals surface area contributed by atoms with E-state index in [0.29, 0.717) is 5.75 Å². The first-order valence-corrected chi connectivity index (χ1v) is 6.39. The van der Waals surface area contributed by atoms with Gasteiger partial charge in [-0.15, -0.1) is 0 Å². The van der Waals surface area contributed by atoms with Crippen LogP contribution in [-0.4, -0.2) is 5.11 Å². The summed E-state index contributed by atoms with van der Waals surface area (Å²) in [5.74, 6) is 2.00. The normalized spacial score (nSPS) is 14.7. The molecule has 2 unspecified atom stereocenters. The van der Waals surface area contributed by atoms with E-state index < -0.39 is 0 Å². The molecule has 16 heavy (non-hydrogen) atoms. The fourth-order valence-corrected chi connectivity index (χ4v) is 2.05. The van der Waals surface area contributed by atoms with Gasteiger partial charge in [0.25, 0.3) is 0 Å². The summed E-state index contributed by atoms with van der Waals surface area (Å²) in [5, 5.41) is 9.18. The van der Waals surface area contributed by atoms with Crippen molar-refractivity contribution in [2.24, 2.45) is 11.8 Å². The van der Waals surface area contributed by atoms with E-state index in [-0.39, 0.29) is 0 Å². The van der Waals surface area contributed by atoms with Crippen molar-refractivity contribution in [3.63, 3.8) is 0 Å². The molecule has 1 nitrogen and oxygen atoms in total. The molecule has 0 aliphatic heterocycles. The Morgan fingerprint density at radius 2 is 1.69 bits per heavy atom. The van der Waals surface area contributed by atoms with E-state index >= 15 is 0 Å². The number of rotatable bonds is 6. The maximum Gasteiger partial charge on any atom is 0.115 e. The summed E-state index contributed by atoms with van der Waals surface area (Å²) in [5.41, 5.74) is 1.33. The molecule has 0 aliphatic carbocycles. The minimum Gasteiger partial charge on any atom is -0.508 e. The number of aromatic hydroxyl groups is 1. The van der Waals surface area contributed by atoms with Gasteiger partial charge in [0.15, 0.2) is 0 Å². The van der Waals surface area contributed by atoms with Crippen molar-refractivity contribution in [2.75, 3.05) is 0 Å². The summed E-state index contributed by atoms with van der Waals surface area (Å²) in [4.78, 5) is 0. The van der Waals surface area contributed by atoms with E-state index in [1.807, 2.05) is 12.1 Å². The average molecular weight is 220 g/mol. The van der Waals surface area contributed by atoms with E-state index in [4.69, 9.17) is 0 Å². The van der Waals surface area contributed by atoms with Crippen LogP contribution in [0.25, 0.3) is 0 Å². The predicted molar refractivity (Wildman–Crippen MR) is 69.7 cm³/mol. The van der Waals surface area contributed by atoms with Gasteiger partial charge in [-0.2, -0.15) is 0 Å². The monoisotopic (exact) mass is 220 g/mol. The van der Waals surface area contributed by atoms with Gasteiger partial charge in [0.05, 0.1) is 0 Å². The van der Waals surface area contributed by atoms with Gasteiger partial charge < -0.3 is 5.11 Å². The molecule has 0 fully saturated rings. The molecule has 90 valence electrons. The summed E-state index contributed by atoms with van der Waals surface area (Å²) < 4.78 is 0. The number of phenols is 1. The zero-order valence-corrected chi connectivity index (χ0v) is 10.7. The first-order chi connectivity index (χ1) is 7.61. The molecule has 0 aromatic heterocycles. The molecule has 0 heterocycles. The second-order valence-electron chi connectivity index (χ2n) is 5.06. The molecule has 0 bridgehead atoms. The van der Waals surface area contributed by atoms with Crippen molar-refractivity contribution in [3.05, 3.63) is 29.8 Å². The molecule has 0 saturated carbocycles. The average Bonchev–Trinajstić information content (AvgIpc) is 2.28. The fraction of sp³-hybridized carbons (Fsp3) is 0.600. The van der Waals surface area contributed by atoms with E-state index in [2.05, 4.69) is 20.8 Å². The van der Waals surface area contributed by atoms with Crippen LogP contribution in [-0.2, 0) is 6.42 Å². The smallest absolute Gasteiger partial charge is 0.115 e. The van der Waals surface area contributed by atoms with Crippen molar-refractivity contribution in [1.82, 2.24) is 0 Å². The van der Waals surface area contributed by atoms with Crippen molar-refractivity contribution < 1.29 is 5.11 Å². The summed E-state index contributed by atoms with van der Waals surface area (Å²) in [7, 11) is 0. The Morgan fingerprint density at radius 1 is 1.06 bits per heavy atom. The zero-order chi connectivity index (χ0) is 12.0. The lowest BCUT2D eigenvalue weighted by atomic mass is 9.91. The van der Waals surface area contributed by atoms with Crippen LogP contribution < -0.4 is 0 Å². The van der Waals surface area contributed by atoms with Crippen molar-refractivity contribution >= 4 is 0 Å². The molecule has 0 radical (unpaired) electrons. The van der Waals surface area contributed by atoms with E-state index in [9.17, 15) is 5.11 Å². The summed E-state index contributed by atoms with van der Waals surface area (Å²) in [6.07, 6.45) is 4.98. The first-order valence-electron chi connectivity index (χ1n) is 6.39. The first kappa shape index (κ1) is 13.1.